The Kier molecular flexibility index (Phi) is 5.40. The average Bonchev–Trinajstić information content (AvgIpc) is 2.04. The van der Waals surface area contributed by atoms with Gasteiger partial charge in [-0.25, -0.2) is 0 Å². The van der Waals surface area contributed by atoms with Gasteiger partial charge in [-0.1, -0.05) is 6.58 Å². The molecule has 3 nitrogen and oxygen atoms in total. The van der Waals surface area contributed by atoms with E-state index in [0.717, 1.165) is 0 Å². The Balaban J connectivity index is 4.07. The molecule has 0 aliphatic rings. The minimum absolute atomic E-state index is 0.589. The maximum absolute atomic E-state index is 5.34. The Morgan fingerprint density at radius 2 is 1.73 bits per heavy atom. The predicted molar refractivity (Wildman–Crippen MR) is 46.2 cm³/mol. The molecule has 0 radical (unpaired) electrons. The second-order valence-electron chi connectivity index (χ2n) is 1.88. The van der Waals surface area contributed by atoms with Gasteiger partial charge in [0, 0.05) is 20.3 Å². The van der Waals surface area contributed by atoms with Crippen molar-refractivity contribution in [2.45, 2.75) is 13.8 Å². The minimum atomic E-state index is -2.48. The Morgan fingerprint density at radius 1 is 1.27 bits per heavy atom. The second-order valence-corrected chi connectivity index (χ2v) is 4.48. The monoisotopic (exact) mass is 176 g/mol. The molecule has 0 atom stereocenters. The van der Waals surface area contributed by atoms with Crippen molar-refractivity contribution in [3.8, 4) is 0 Å². The summed E-state index contributed by atoms with van der Waals surface area (Å²) in [6.45, 7) is 8.62. The van der Waals surface area contributed by atoms with Crippen LogP contribution in [0.2, 0.25) is 0 Å². The molecule has 0 saturated carbocycles. The fourth-order valence-corrected chi connectivity index (χ4v) is 2.29. The highest BCUT2D eigenvalue weighted by molar-refractivity contribution is 6.66. The number of hydrogen-bond acceptors (Lipinski definition) is 3. The van der Waals surface area contributed by atoms with E-state index in [-0.39, 0.29) is 0 Å². The summed E-state index contributed by atoms with van der Waals surface area (Å²) in [5, 5.41) is 0. The second kappa shape index (κ2) is 5.48. The van der Waals surface area contributed by atoms with E-state index in [2.05, 4.69) is 6.58 Å². The maximum Gasteiger partial charge on any atom is 0.528 e. The smallest absolute Gasteiger partial charge is 0.374 e. The van der Waals surface area contributed by atoms with Gasteiger partial charge in [0.25, 0.3) is 0 Å². The van der Waals surface area contributed by atoms with Crippen LogP contribution in [0.3, 0.4) is 0 Å². The van der Waals surface area contributed by atoms with Crippen molar-refractivity contribution < 1.29 is 13.3 Å². The van der Waals surface area contributed by atoms with Gasteiger partial charge in [-0.05, 0) is 19.5 Å². The van der Waals surface area contributed by atoms with Gasteiger partial charge in [-0.2, -0.15) is 0 Å². The summed E-state index contributed by atoms with van der Waals surface area (Å²) in [6.07, 6.45) is 0. The molecule has 0 aliphatic heterocycles. The van der Waals surface area contributed by atoms with Gasteiger partial charge in [-0.15, -0.1) is 0 Å². The van der Waals surface area contributed by atoms with Crippen molar-refractivity contribution in [2.24, 2.45) is 0 Å². The lowest BCUT2D eigenvalue weighted by atomic mass is 10.9. The molecule has 0 saturated heterocycles. The van der Waals surface area contributed by atoms with Gasteiger partial charge in [-0.3, -0.25) is 0 Å². The largest absolute Gasteiger partial charge is 0.528 e. The van der Waals surface area contributed by atoms with Crippen LogP contribution in [0.25, 0.3) is 0 Å². The molecule has 0 heterocycles. The van der Waals surface area contributed by atoms with E-state index in [1.165, 1.54) is 0 Å². The summed E-state index contributed by atoms with van der Waals surface area (Å²) in [5.74, 6) is 0. The van der Waals surface area contributed by atoms with Gasteiger partial charge in [0.1, 0.15) is 0 Å². The standard InChI is InChI=1S/C7H16O3Si/c1-5-9-11(7-3,8-4)10-6-2/h7H,3,5-6H2,1-2,4H3. The van der Waals surface area contributed by atoms with Crippen molar-refractivity contribution in [3.05, 3.63) is 12.3 Å². The van der Waals surface area contributed by atoms with Crippen LogP contribution < -0.4 is 0 Å². The van der Waals surface area contributed by atoms with Crippen molar-refractivity contribution >= 4 is 8.80 Å². The number of rotatable bonds is 6. The Bertz CT molecular complexity index is 110. The first-order chi connectivity index (χ1) is 5.24. The molecule has 0 aromatic carbocycles. The normalized spacial score (nSPS) is 11.5. The quantitative estimate of drug-likeness (QED) is 0.572. The first-order valence-electron chi connectivity index (χ1n) is 3.71. The summed E-state index contributed by atoms with van der Waals surface area (Å²) in [7, 11) is -0.897. The third kappa shape index (κ3) is 3.16. The molecule has 66 valence electrons. The van der Waals surface area contributed by atoms with Gasteiger partial charge in [0.05, 0.1) is 0 Å². The molecule has 0 unspecified atom stereocenters. The van der Waals surface area contributed by atoms with Crippen molar-refractivity contribution in [1.29, 1.82) is 0 Å². The van der Waals surface area contributed by atoms with Gasteiger partial charge >= 0.3 is 8.80 Å². The summed E-state index contributed by atoms with van der Waals surface area (Å²) in [6, 6.07) is 0. The van der Waals surface area contributed by atoms with E-state index in [0.29, 0.717) is 13.2 Å². The lowest BCUT2D eigenvalue weighted by molar-refractivity contribution is 0.100. The van der Waals surface area contributed by atoms with Crippen LogP contribution in [-0.4, -0.2) is 29.1 Å². The van der Waals surface area contributed by atoms with Crippen LogP contribution in [0.1, 0.15) is 13.8 Å². The minimum Gasteiger partial charge on any atom is -0.374 e. The molecule has 0 spiro atoms. The SMILES string of the molecule is C=C[Si](OC)(OCC)OCC. The highest BCUT2D eigenvalue weighted by Crippen LogP contribution is 2.08. The highest BCUT2D eigenvalue weighted by Gasteiger charge is 2.35. The maximum atomic E-state index is 5.34. The van der Waals surface area contributed by atoms with Gasteiger partial charge < -0.3 is 13.3 Å². The van der Waals surface area contributed by atoms with Crippen molar-refractivity contribution in [3.63, 3.8) is 0 Å². The van der Waals surface area contributed by atoms with E-state index in [1.807, 2.05) is 13.8 Å². The lowest BCUT2D eigenvalue weighted by Crippen LogP contribution is -2.43. The van der Waals surface area contributed by atoms with Gasteiger partial charge in [0.2, 0.25) is 0 Å². The molecular weight excluding hydrogens is 160 g/mol. The van der Waals surface area contributed by atoms with Crippen LogP contribution in [0.5, 0.6) is 0 Å². The lowest BCUT2D eigenvalue weighted by Gasteiger charge is -2.22. The first kappa shape index (κ1) is 10.8. The zero-order valence-electron chi connectivity index (χ0n) is 7.42. The third-order valence-electron chi connectivity index (χ3n) is 1.23. The summed E-state index contributed by atoms with van der Waals surface area (Å²) in [4.78, 5) is 0. The zero-order chi connectivity index (χ0) is 8.74. The molecule has 11 heavy (non-hydrogen) atoms. The molecule has 0 aliphatic carbocycles. The molecule has 0 bridgehead atoms. The zero-order valence-corrected chi connectivity index (χ0v) is 8.42. The predicted octanol–water partition coefficient (Wildman–Crippen LogP) is 1.37. The molecular formula is C7H16O3Si. The van der Waals surface area contributed by atoms with E-state index in [9.17, 15) is 0 Å². The topological polar surface area (TPSA) is 27.7 Å². The molecule has 4 heteroatoms. The average molecular weight is 176 g/mol. The Morgan fingerprint density at radius 3 is 1.91 bits per heavy atom. The fourth-order valence-electron chi connectivity index (χ4n) is 0.763. The van der Waals surface area contributed by atoms with E-state index >= 15 is 0 Å². The molecule has 0 fully saturated rings. The molecule has 0 N–H and O–H groups in total. The Hall–Kier alpha value is -0.163. The van der Waals surface area contributed by atoms with E-state index < -0.39 is 8.80 Å². The summed E-state index contributed by atoms with van der Waals surface area (Å²) < 4.78 is 15.8. The van der Waals surface area contributed by atoms with Crippen molar-refractivity contribution in [2.75, 3.05) is 20.3 Å². The molecule has 0 aromatic rings. The summed E-state index contributed by atoms with van der Waals surface area (Å²) >= 11 is 0. The Labute approximate surface area is 69.3 Å². The van der Waals surface area contributed by atoms with Crippen molar-refractivity contribution in [1.82, 2.24) is 0 Å². The van der Waals surface area contributed by atoms with Crippen LogP contribution in [0, 0.1) is 0 Å². The third-order valence-corrected chi connectivity index (χ3v) is 3.68. The number of hydrogen-bond donors (Lipinski definition) is 0. The van der Waals surface area contributed by atoms with Crippen LogP contribution >= 0.6 is 0 Å². The van der Waals surface area contributed by atoms with Crippen LogP contribution in [0.15, 0.2) is 12.3 Å². The fraction of sp³-hybridized carbons (Fsp3) is 0.714. The molecule has 0 aromatic heterocycles. The summed E-state index contributed by atoms with van der Waals surface area (Å²) in [5.41, 5.74) is 1.64. The van der Waals surface area contributed by atoms with E-state index in [1.54, 1.807) is 12.8 Å². The molecule has 0 amide bonds. The molecule has 0 rings (SSSR count). The highest BCUT2D eigenvalue weighted by atomic mass is 28.4. The van der Waals surface area contributed by atoms with E-state index in [4.69, 9.17) is 13.3 Å². The van der Waals surface area contributed by atoms with Crippen LogP contribution in [-0.2, 0) is 13.3 Å². The first-order valence-corrected chi connectivity index (χ1v) is 5.51. The van der Waals surface area contributed by atoms with Crippen LogP contribution in [0.4, 0.5) is 0 Å². The van der Waals surface area contributed by atoms with Gasteiger partial charge in [0.15, 0.2) is 0 Å².